The predicted octanol–water partition coefficient (Wildman–Crippen LogP) is 6.34. The highest BCUT2D eigenvalue weighted by atomic mass is 32.2. The maximum absolute atomic E-state index is 13.7. The maximum atomic E-state index is 13.7. The van der Waals surface area contributed by atoms with E-state index in [1.54, 1.807) is 16.7 Å². The van der Waals surface area contributed by atoms with E-state index in [1.165, 1.54) is 5.56 Å². The van der Waals surface area contributed by atoms with Crippen LogP contribution in [0.2, 0.25) is 0 Å². The first kappa shape index (κ1) is 27.5. The Labute approximate surface area is 220 Å². The minimum absolute atomic E-state index is 0.0129. The zero-order valence-electron chi connectivity index (χ0n) is 22.1. The third-order valence-electron chi connectivity index (χ3n) is 5.81. The van der Waals surface area contributed by atoms with Gasteiger partial charge in [-0.2, -0.15) is 0 Å². The zero-order chi connectivity index (χ0) is 26.1. The van der Waals surface area contributed by atoms with Gasteiger partial charge in [0, 0.05) is 35.6 Å². The monoisotopic (exact) mass is 502 g/mol. The Morgan fingerprint density at radius 3 is 2.17 bits per heavy atom. The Kier molecular flexibility index (Phi) is 9.77. The lowest BCUT2D eigenvalue weighted by molar-refractivity contribution is -0.141. The summed E-state index contributed by atoms with van der Waals surface area (Å²) in [6.45, 7) is 10.4. The molecule has 0 radical (unpaired) electrons. The fraction of sp³-hybridized carbons (Fsp3) is 0.355. The molecule has 0 spiro atoms. The second kappa shape index (κ2) is 12.8. The molecule has 4 nitrogen and oxygen atoms in total. The third kappa shape index (κ3) is 8.87. The van der Waals surface area contributed by atoms with Crippen molar-refractivity contribution in [3.05, 3.63) is 101 Å². The molecule has 1 N–H and O–H groups in total. The van der Waals surface area contributed by atoms with Crippen molar-refractivity contribution in [2.24, 2.45) is 0 Å². The molecule has 36 heavy (non-hydrogen) atoms. The van der Waals surface area contributed by atoms with Crippen molar-refractivity contribution >= 4 is 23.6 Å². The fourth-order valence-corrected chi connectivity index (χ4v) is 4.89. The number of hydrogen-bond donors (Lipinski definition) is 1. The minimum atomic E-state index is -0.607. The summed E-state index contributed by atoms with van der Waals surface area (Å²) in [4.78, 5) is 30.2. The van der Waals surface area contributed by atoms with Crippen LogP contribution in [0.5, 0.6) is 0 Å². The molecule has 0 unspecified atom stereocenters. The van der Waals surface area contributed by atoms with E-state index in [9.17, 15) is 9.59 Å². The van der Waals surface area contributed by atoms with E-state index in [0.29, 0.717) is 25.1 Å². The summed E-state index contributed by atoms with van der Waals surface area (Å²) >= 11 is 1.67. The first-order chi connectivity index (χ1) is 17.1. The van der Waals surface area contributed by atoms with Gasteiger partial charge in [0.25, 0.3) is 0 Å². The topological polar surface area (TPSA) is 49.4 Å². The molecule has 5 heteroatoms. The Bertz CT molecular complexity index is 1140. The third-order valence-corrected chi connectivity index (χ3v) is 6.82. The van der Waals surface area contributed by atoms with Crippen LogP contribution in [0.15, 0.2) is 83.8 Å². The molecular formula is C31H38N2O2S. The quantitative estimate of drug-likeness (QED) is 0.329. The van der Waals surface area contributed by atoms with Crippen LogP contribution in [0.25, 0.3) is 0 Å². The highest BCUT2D eigenvalue weighted by Crippen LogP contribution is 2.22. The van der Waals surface area contributed by atoms with Gasteiger partial charge < -0.3 is 10.2 Å². The van der Waals surface area contributed by atoms with Gasteiger partial charge in [0.2, 0.25) is 11.8 Å². The van der Waals surface area contributed by atoms with Crippen molar-refractivity contribution in [3.8, 4) is 0 Å². The summed E-state index contributed by atoms with van der Waals surface area (Å²) in [6, 6.07) is 25.8. The van der Waals surface area contributed by atoms with E-state index >= 15 is 0 Å². The number of thioether (sulfide) groups is 1. The molecule has 0 heterocycles. The predicted molar refractivity (Wildman–Crippen MR) is 150 cm³/mol. The molecular weight excluding hydrogens is 464 g/mol. The summed E-state index contributed by atoms with van der Waals surface area (Å²) in [5.41, 5.74) is 4.01. The van der Waals surface area contributed by atoms with Crippen molar-refractivity contribution in [3.63, 3.8) is 0 Å². The Morgan fingerprint density at radius 1 is 0.861 bits per heavy atom. The van der Waals surface area contributed by atoms with Crippen LogP contribution in [0.4, 0.5) is 0 Å². The minimum Gasteiger partial charge on any atom is -0.350 e. The maximum Gasteiger partial charge on any atom is 0.243 e. The Balaban J connectivity index is 1.86. The highest BCUT2D eigenvalue weighted by molar-refractivity contribution is 7.99. The number of hydrogen-bond acceptors (Lipinski definition) is 3. The van der Waals surface area contributed by atoms with Crippen LogP contribution in [-0.2, 0) is 22.6 Å². The number of nitrogens with one attached hydrogen (secondary N) is 1. The van der Waals surface area contributed by atoms with Gasteiger partial charge in [-0.15, -0.1) is 11.8 Å². The molecule has 2 amide bonds. The average molecular weight is 503 g/mol. The highest BCUT2D eigenvalue weighted by Gasteiger charge is 2.32. The molecule has 0 aliphatic rings. The van der Waals surface area contributed by atoms with Crippen LogP contribution in [0.3, 0.4) is 0 Å². The first-order valence-corrected chi connectivity index (χ1v) is 13.5. The summed E-state index contributed by atoms with van der Waals surface area (Å²) in [5.74, 6) is 0.519. The van der Waals surface area contributed by atoms with Gasteiger partial charge in [-0.3, -0.25) is 9.59 Å². The second-order valence-electron chi connectivity index (χ2n) is 10.4. The molecule has 0 fully saturated rings. The number of amides is 2. The molecule has 0 saturated heterocycles. The number of aryl methyl sites for hydroxylation is 2. The van der Waals surface area contributed by atoms with E-state index < -0.39 is 11.6 Å². The van der Waals surface area contributed by atoms with Gasteiger partial charge in [0.1, 0.15) is 6.04 Å². The smallest absolute Gasteiger partial charge is 0.243 e. The zero-order valence-corrected chi connectivity index (χ0v) is 22.9. The van der Waals surface area contributed by atoms with E-state index in [0.717, 1.165) is 21.6 Å². The van der Waals surface area contributed by atoms with E-state index in [4.69, 9.17) is 0 Å². The molecule has 3 aromatic rings. The van der Waals surface area contributed by atoms with Crippen LogP contribution >= 0.6 is 11.8 Å². The van der Waals surface area contributed by atoms with Gasteiger partial charge in [-0.1, -0.05) is 77.9 Å². The number of benzene rings is 3. The standard InChI is InChI=1S/C31H38N2O2S/c1-23-14-16-27(17-15-23)36-19-18-29(34)33(22-26-13-9-10-24(2)20-26)28(30(35)32-31(3,4)5)21-25-11-7-6-8-12-25/h6-17,20,28H,18-19,21-22H2,1-5H3,(H,32,35)/t28-/m0/s1. The van der Waals surface area contributed by atoms with Gasteiger partial charge in [0.05, 0.1) is 0 Å². The average Bonchev–Trinajstić information content (AvgIpc) is 2.82. The molecule has 3 aromatic carbocycles. The summed E-state index contributed by atoms with van der Waals surface area (Å²) < 4.78 is 0. The van der Waals surface area contributed by atoms with Crippen LogP contribution in [-0.4, -0.2) is 34.0 Å². The number of rotatable bonds is 10. The summed E-state index contributed by atoms with van der Waals surface area (Å²) in [6.07, 6.45) is 0.823. The van der Waals surface area contributed by atoms with E-state index in [-0.39, 0.29) is 11.8 Å². The molecule has 0 bridgehead atoms. The van der Waals surface area contributed by atoms with Crippen molar-refractivity contribution in [1.29, 1.82) is 0 Å². The first-order valence-electron chi connectivity index (χ1n) is 12.5. The molecule has 3 rings (SSSR count). The molecule has 0 saturated carbocycles. The lowest BCUT2D eigenvalue weighted by atomic mass is 10.00. The van der Waals surface area contributed by atoms with Crippen molar-refractivity contribution < 1.29 is 9.59 Å². The summed E-state index contributed by atoms with van der Waals surface area (Å²) in [7, 11) is 0. The number of carbonyl (C=O) groups excluding carboxylic acids is 2. The van der Waals surface area contributed by atoms with Crippen molar-refractivity contribution in [1.82, 2.24) is 10.2 Å². The molecule has 0 aliphatic heterocycles. The number of carbonyl (C=O) groups is 2. The Morgan fingerprint density at radius 2 is 1.53 bits per heavy atom. The fourth-order valence-electron chi connectivity index (χ4n) is 4.05. The van der Waals surface area contributed by atoms with Gasteiger partial charge in [0.15, 0.2) is 0 Å². The van der Waals surface area contributed by atoms with Gasteiger partial charge in [-0.05, 0) is 57.9 Å². The van der Waals surface area contributed by atoms with Gasteiger partial charge in [-0.25, -0.2) is 0 Å². The van der Waals surface area contributed by atoms with Crippen molar-refractivity contribution in [2.75, 3.05) is 5.75 Å². The molecule has 0 aromatic heterocycles. The normalized spacial score (nSPS) is 12.1. The second-order valence-corrected chi connectivity index (χ2v) is 11.5. The van der Waals surface area contributed by atoms with Crippen molar-refractivity contribution in [2.45, 2.75) is 70.5 Å². The largest absolute Gasteiger partial charge is 0.350 e. The van der Waals surface area contributed by atoms with Crippen LogP contribution in [0.1, 0.15) is 49.4 Å². The molecule has 1 atom stereocenters. The summed E-state index contributed by atoms with van der Waals surface area (Å²) in [5, 5.41) is 3.12. The molecule has 0 aliphatic carbocycles. The van der Waals surface area contributed by atoms with E-state index in [1.807, 2.05) is 76.2 Å². The lowest BCUT2D eigenvalue weighted by Crippen LogP contribution is -2.54. The van der Waals surface area contributed by atoms with Gasteiger partial charge >= 0.3 is 0 Å². The molecule has 190 valence electrons. The lowest BCUT2D eigenvalue weighted by Gasteiger charge is -2.34. The van der Waals surface area contributed by atoms with Crippen LogP contribution < -0.4 is 5.32 Å². The Hall–Kier alpha value is -3.05. The van der Waals surface area contributed by atoms with Crippen LogP contribution in [0, 0.1) is 13.8 Å². The van der Waals surface area contributed by atoms with E-state index in [2.05, 4.69) is 42.6 Å². The number of nitrogens with zero attached hydrogens (tertiary/aromatic N) is 1. The SMILES string of the molecule is Cc1ccc(SCCC(=O)N(Cc2cccc(C)c2)[C@@H](Cc2ccccc2)C(=O)NC(C)(C)C)cc1.